The number of aliphatic imine (C=N–C) groups is 1. The topological polar surface area (TPSA) is 98.3 Å². The summed E-state index contributed by atoms with van der Waals surface area (Å²) in [6.45, 7) is 6.95. The predicted molar refractivity (Wildman–Crippen MR) is 120 cm³/mol. The van der Waals surface area contributed by atoms with Crippen LogP contribution in [0, 0.1) is 5.92 Å². The molecule has 1 saturated heterocycles. The number of methoxy groups -OCH3 is 1. The van der Waals surface area contributed by atoms with Crippen LogP contribution in [-0.4, -0.2) is 72.0 Å². The van der Waals surface area contributed by atoms with E-state index in [0.29, 0.717) is 45.3 Å². The van der Waals surface area contributed by atoms with Crippen LogP contribution in [0.2, 0.25) is 0 Å². The molecule has 0 saturated carbocycles. The first-order valence-electron chi connectivity index (χ1n) is 10.5. The van der Waals surface area contributed by atoms with Crippen LogP contribution in [-0.2, 0) is 19.3 Å². The Morgan fingerprint density at radius 1 is 1.20 bits per heavy atom. The van der Waals surface area contributed by atoms with E-state index in [0.717, 1.165) is 17.9 Å². The molecule has 0 bridgehead atoms. The summed E-state index contributed by atoms with van der Waals surface area (Å²) < 4.78 is 39.5. The van der Waals surface area contributed by atoms with Crippen LogP contribution < -0.4 is 15.4 Å². The summed E-state index contributed by atoms with van der Waals surface area (Å²) in [5, 5.41) is 6.59. The molecule has 1 aromatic rings. The molecule has 2 rings (SSSR count). The van der Waals surface area contributed by atoms with Crippen LogP contribution in [0.25, 0.3) is 0 Å². The van der Waals surface area contributed by atoms with Gasteiger partial charge in [0.05, 0.1) is 30.8 Å². The van der Waals surface area contributed by atoms with Crippen LogP contribution in [0.5, 0.6) is 5.75 Å². The monoisotopic (exact) mass is 441 g/mol. The van der Waals surface area contributed by atoms with Gasteiger partial charge in [0.2, 0.25) is 0 Å². The Bertz CT molecular complexity index is 750. The van der Waals surface area contributed by atoms with E-state index in [2.05, 4.69) is 15.6 Å². The first-order valence-corrected chi connectivity index (χ1v) is 12.3. The maximum atomic E-state index is 11.7. The van der Waals surface area contributed by atoms with Gasteiger partial charge in [-0.3, -0.25) is 4.99 Å². The maximum absolute atomic E-state index is 11.7. The zero-order valence-corrected chi connectivity index (χ0v) is 19.0. The van der Waals surface area contributed by atoms with Gasteiger partial charge < -0.3 is 24.8 Å². The molecule has 1 atom stereocenters. The molecule has 2 N–H and O–H groups in total. The predicted octanol–water partition coefficient (Wildman–Crippen LogP) is 2.32. The lowest BCUT2D eigenvalue weighted by Gasteiger charge is -2.15. The number of nitrogens with one attached hydrogen (secondary N) is 2. The van der Waals surface area contributed by atoms with Gasteiger partial charge in [-0.05, 0) is 56.9 Å². The zero-order valence-electron chi connectivity index (χ0n) is 18.2. The van der Waals surface area contributed by atoms with Crippen molar-refractivity contribution in [1.82, 2.24) is 5.32 Å². The van der Waals surface area contributed by atoms with Gasteiger partial charge in [-0.25, -0.2) is 8.42 Å². The summed E-state index contributed by atoms with van der Waals surface area (Å²) in [6.07, 6.45) is 1.62. The largest absolute Gasteiger partial charge is 0.491 e. The van der Waals surface area contributed by atoms with E-state index in [4.69, 9.17) is 14.2 Å². The second-order valence-electron chi connectivity index (χ2n) is 7.66. The molecule has 8 nitrogen and oxygen atoms in total. The minimum absolute atomic E-state index is 0.0767. The summed E-state index contributed by atoms with van der Waals surface area (Å²) in [7, 11) is -1.25. The van der Waals surface area contributed by atoms with Crippen molar-refractivity contribution in [2.75, 3.05) is 56.8 Å². The van der Waals surface area contributed by atoms with Gasteiger partial charge in [-0.2, -0.15) is 0 Å². The standard InChI is InChI=1S/C21H35N3O5S/c1-17(2)29-20-7-5-19(6-8-20)24-21(22-10-4-11-28-13-12-27-3)23-15-18-9-14-30(25,26)16-18/h5-8,17-18H,4,9-16H2,1-3H3,(H2,22,23,24). The number of nitrogens with zero attached hydrogens (tertiary/aromatic N) is 1. The van der Waals surface area contributed by atoms with Crippen LogP contribution in [0.4, 0.5) is 5.69 Å². The Labute approximate surface area is 180 Å². The van der Waals surface area contributed by atoms with Gasteiger partial charge in [0, 0.05) is 32.5 Å². The van der Waals surface area contributed by atoms with Gasteiger partial charge >= 0.3 is 0 Å². The second-order valence-corrected chi connectivity index (χ2v) is 9.89. The molecule has 0 radical (unpaired) electrons. The third-order valence-corrected chi connectivity index (χ3v) is 6.35. The van der Waals surface area contributed by atoms with E-state index in [9.17, 15) is 8.42 Å². The van der Waals surface area contributed by atoms with E-state index in [1.165, 1.54) is 0 Å². The molecule has 1 unspecified atom stereocenters. The molecule has 1 heterocycles. The zero-order chi connectivity index (χ0) is 21.8. The highest BCUT2D eigenvalue weighted by Crippen LogP contribution is 2.19. The normalized spacial score (nSPS) is 18.5. The maximum Gasteiger partial charge on any atom is 0.195 e. The van der Waals surface area contributed by atoms with Crippen molar-refractivity contribution >= 4 is 21.5 Å². The summed E-state index contributed by atoms with van der Waals surface area (Å²) in [4.78, 5) is 4.62. The number of hydrogen-bond acceptors (Lipinski definition) is 6. The van der Waals surface area contributed by atoms with Crippen molar-refractivity contribution in [2.24, 2.45) is 10.9 Å². The molecule has 0 aromatic heterocycles. The highest BCUT2D eigenvalue weighted by molar-refractivity contribution is 7.91. The third-order valence-electron chi connectivity index (χ3n) is 4.51. The summed E-state index contributed by atoms with van der Waals surface area (Å²) in [5.41, 5.74) is 0.882. The lowest BCUT2D eigenvalue weighted by Crippen LogP contribution is -2.33. The smallest absolute Gasteiger partial charge is 0.195 e. The van der Waals surface area contributed by atoms with Crippen molar-refractivity contribution in [3.05, 3.63) is 24.3 Å². The van der Waals surface area contributed by atoms with Crippen LogP contribution in [0.3, 0.4) is 0 Å². The number of guanidine groups is 1. The highest BCUT2D eigenvalue weighted by Gasteiger charge is 2.27. The average molecular weight is 442 g/mol. The molecule has 1 aliphatic heterocycles. The third kappa shape index (κ3) is 9.77. The molecule has 1 aromatic carbocycles. The van der Waals surface area contributed by atoms with Crippen molar-refractivity contribution in [3.63, 3.8) is 0 Å². The first kappa shape index (κ1) is 24.4. The van der Waals surface area contributed by atoms with Crippen LogP contribution >= 0.6 is 0 Å². The molecular weight excluding hydrogens is 406 g/mol. The molecule has 170 valence electrons. The lowest BCUT2D eigenvalue weighted by molar-refractivity contribution is 0.0699. The molecule has 9 heteroatoms. The van der Waals surface area contributed by atoms with Crippen molar-refractivity contribution in [2.45, 2.75) is 32.8 Å². The minimum Gasteiger partial charge on any atom is -0.491 e. The van der Waals surface area contributed by atoms with Gasteiger partial charge in [-0.15, -0.1) is 0 Å². The second kappa shape index (κ2) is 12.8. The molecule has 0 amide bonds. The van der Waals surface area contributed by atoms with Gasteiger partial charge in [0.15, 0.2) is 15.8 Å². The quantitative estimate of drug-likeness (QED) is 0.292. The van der Waals surface area contributed by atoms with Crippen molar-refractivity contribution in [3.8, 4) is 5.75 Å². The van der Waals surface area contributed by atoms with E-state index in [-0.39, 0.29) is 23.5 Å². The minimum atomic E-state index is -2.90. The number of benzene rings is 1. The van der Waals surface area contributed by atoms with Gasteiger partial charge in [0.25, 0.3) is 0 Å². The molecule has 0 aliphatic carbocycles. The average Bonchev–Trinajstić information content (AvgIpc) is 3.05. The number of hydrogen-bond donors (Lipinski definition) is 2. The fourth-order valence-corrected chi connectivity index (χ4v) is 4.88. The number of ether oxygens (including phenoxy) is 3. The Kier molecular flexibility index (Phi) is 10.4. The van der Waals surface area contributed by atoms with Crippen LogP contribution in [0.1, 0.15) is 26.7 Å². The van der Waals surface area contributed by atoms with Crippen LogP contribution in [0.15, 0.2) is 29.3 Å². The number of sulfone groups is 1. The van der Waals surface area contributed by atoms with E-state index in [1.54, 1.807) is 7.11 Å². The number of rotatable bonds is 12. The highest BCUT2D eigenvalue weighted by atomic mass is 32.2. The first-order chi connectivity index (χ1) is 14.4. The SMILES string of the molecule is COCCOCCCNC(=NCC1CCS(=O)(=O)C1)Nc1ccc(OC(C)C)cc1. The molecule has 30 heavy (non-hydrogen) atoms. The van der Waals surface area contributed by atoms with E-state index >= 15 is 0 Å². The Morgan fingerprint density at radius 3 is 2.60 bits per heavy atom. The van der Waals surface area contributed by atoms with Gasteiger partial charge in [0.1, 0.15) is 5.75 Å². The van der Waals surface area contributed by atoms with E-state index < -0.39 is 9.84 Å². The Balaban J connectivity index is 1.90. The summed E-state index contributed by atoms with van der Waals surface area (Å²) in [6, 6.07) is 7.69. The summed E-state index contributed by atoms with van der Waals surface area (Å²) in [5.74, 6) is 2.01. The molecule has 1 fully saturated rings. The molecular formula is C21H35N3O5S. The van der Waals surface area contributed by atoms with E-state index in [1.807, 2.05) is 38.1 Å². The Hall–Kier alpha value is -1.84. The molecule has 0 spiro atoms. The van der Waals surface area contributed by atoms with Crippen molar-refractivity contribution in [1.29, 1.82) is 0 Å². The summed E-state index contributed by atoms with van der Waals surface area (Å²) >= 11 is 0. The van der Waals surface area contributed by atoms with Gasteiger partial charge in [-0.1, -0.05) is 0 Å². The number of anilines is 1. The Morgan fingerprint density at radius 2 is 1.97 bits per heavy atom. The fraction of sp³-hybridized carbons (Fsp3) is 0.667. The molecule has 1 aliphatic rings. The fourth-order valence-electron chi connectivity index (χ4n) is 3.03. The van der Waals surface area contributed by atoms with Crippen molar-refractivity contribution < 1.29 is 22.6 Å². The lowest BCUT2D eigenvalue weighted by atomic mass is 10.1.